The second kappa shape index (κ2) is 15.0. The third-order valence-corrected chi connectivity index (χ3v) is 8.07. The Bertz CT molecular complexity index is 825. The van der Waals surface area contributed by atoms with Gasteiger partial charge in [-0.05, 0) is 118 Å². The zero-order valence-electron chi connectivity index (χ0n) is 21.2. The summed E-state index contributed by atoms with van der Waals surface area (Å²) in [5.41, 5.74) is 3.06. The van der Waals surface area contributed by atoms with Crippen LogP contribution in [-0.2, 0) is 6.42 Å². The number of benzene rings is 1. The first kappa shape index (κ1) is 26.5. The summed E-state index contributed by atoms with van der Waals surface area (Å²) in [7, 11) is 0. The molecule has 0 spiro atoms. The smallest absolute Gasteiger partial charge is 0.195 e. The van der Waals surface area contributed by atoms with Crippen LogP contribution in [0.1, 0.15) is 107 Å². The minimum atomic E-state index is -0.719. The summed E-state index contributed by atoms with van der Waals surface area (Å²) in [5, 5.41) is 8.41. The van der Waals surface area contributed by atoms with Crippen molar-refractivity contribution < 1.29 is 4.39 Å². The van der Waals surface area contributed by atoms with E-state index in [-0.39, 0.29) is 0 Å². The van der Waals surface area contributed by atoms with Gasteiger partial charge in [-0.2, -0.15) is 9.65 Å². The fourth-order valence-corrected chi connectivity index (χ4v) is 5.78. The average molecular weight is 462 g/mol. The quantitative estimate of drug-likeness (QED) is 0.139. The van der Waals surface area contributed by atoms with E-state index in [1.165, 1.54) is 101 Å². The predicted molar refractivity (Wildman–Crippen MR) is 142 cm³/mol. The molecular weight excluding hydrogens is 417 g/mol. The number of hydrogen-bond donors (Lipinski definition) is 0. The third kappa shape index (κ3) is 9.25. The topological polar surface area (TPSA) is 23.8 Å². The van der Waals surface area contributed by atoms with Gasteiger partial charge in [-0.25, -0.2) is 0 Å². The van der Waals surface area contributed by atoms with Gasteiger partial charge in [0.05, 0.1) is 0 Å². The number of unbranched alkanes of at least 4 members (excludes halogenated alkanes) is 2. The van der Waals surface area contributed by atoms with E-state index in [9.17, 15) is 4.39 Å². The minimum absolute atomic E-state index is 0.719. The van der Waals surface area contributed by atoms with Crippen LogP contribution in [0.4, 0.5) is 4.39 Å². The molecule has 184 valence electrons. The van der Waals surface area contributed by atoms with Crippen LogP contribution >= 0.6 is 0 Å². The zero-order chi connectivity index (χ0) is 24.0. The number of rotatable bonds is 11. The van der Waals surface area contributed by atoms with Crippen LogP contribution in [0.3, 0.4) is 0 Å². The Hall–Kier alpha value is -2.14. The molecule has 0 bridgehead atoms. The fraction of sp³-hybridized carbons (Fsp3) is 0.594. The molecule has 2 heteroatoms. The first-order chi connectivity index (χ1) is 16.7. The van der Waals surface area contributed by atoms with Gasteiger partial charge in [-0.15, -0.1) is 0 Å². The van der Waals surface area contributed by atoms with Crippen LogP contribution in [-0.4, -0.2) is 0 Å². The van der Waals surface area contributed by atoms with Gasteiger partial charge in [0, 0.05) is 0 Å². The summed E-state index contributed by atoms with van der Waals surface area (Å²) in [6.45, 7) is 2.27. The summed E-state index contributed by atoms with van der Waals surface area (Å²) in [6, 6.07) is 11.0. The van der Waals surface area contributed by atoms with Gasteiger partial charge in [-0.1, -0.05) is 68.3 Å². The highest BCUT2D eigenvalue weighted by Crippen LogP contribution is 2.38. The van der Waals surface area contributed by atoms with Crippen molar-refractivity contribution in [3.8, 4) is 6.07 Å². The molecule has 2 aliphatic rings. The maximum Gasteiger partial charge on any atom is 0.199 e. The summed E-state index contributed by atoms with van der Waals surface area (Å²) < 4.78 is 12.8. The van der Waals surface area contributed by atoms with Crippen LogP contribution < -0.4 is 0 Å². The van der Waals surface area contributed by atoms with Crippen molar-refractivity contribution >= 4 is 0 Å². The molecule has 34 heavy (non-hydrogen) atoms. The Kier molecular flexibility index (Phi) is 11.7. The number of nitriles is 1. The number of halogens is 1. The monoisotopic (exact) mass is 461 g/mol. The van der Waals surface area contributed by atoms with Gasteiger partial charge >= 0.3 is 0 Å². The summed E-state index contributed by atoms with van der Waals surface area (Å²) in [4.78, 5) is 0. The Labute approximate surface area is 207 Å². The van der Waals surface area contributed by atoms with Gasteiger partial charge < -0.3 is 0 Å². The molecule has 3 rings (SSSR count). The van der Waals surface area contributed by atoms with Crippen molar-refractivity contribution in [2.75, 3.05) is 0 Å². The molecule has 1 nitrogen and oxygen atoms in total. The van der Waals surface area contributed by atoms with E-state index in [1.54, 1.807) is 11.6 Å². The third-order valence-electron chi connectivity index (χ3n) is 8.07. The van der Waals surface area contributed by atoms with E-state index in [1.807, 2.05) is 6.08 Å². The van der Waals surface area contributed by atoms with Gasteiger partial charge in [0.15, 0.2) is 5.83 Å². The van der Waals surface area contributed by atoms with Crippen molar-refractivity contribution in [2.24, 2.45) is 17.8 Å². The summed E-state index contributed by atoms with van der Waals surface area (Å²) in [5.74, 6) is 2.37. The lowest BCUT2D eigenvalue weighted by Crippen LogP contribution is -2.14. The Morgan fingerprint density at radius 3 is 2.21 bits per heavy atom. The van der Waals surface area contributed by atoms with Crippen LogP contribution in [0, 0.1) is 29.1 Å². The number of hydrogen-bond acceptors (Lipinski definition) is 1. The molecule has 2 aliphatic carbocycles. The molecule has 0 aliphatic heterocycles. The first-order valence-corrected chi connectivity index (χ1v) is 13.9. The minimum Gasteiger partial charge on any atom is -0.195 e. The van der Waals surface area contributed by atoms with Crippen molar-refractivity contribution in [3.63, 3.8) is 0 Å². The highest BCUT2D eigenvalue weighted by atomic mass is 19.1. The highest BCUT2D eigenvalue weighted by Gasteiger charge is 2.22. The van der Waals surface area contributed by atoms with Crippen molar-refractivity contribution in [2.45, 2.75) is 103 Å². The molecular formula is C32H44FN. The second-order valence-electron chi connectivity index (χ2n) is 10.6. The van der Waals surface area contributed by atoms with E-state index in [4.69, 9.17) is 5.26 Å². The molecule has 0 aromatic heterocycles. The lowest BCUT2D eigenvalue weighted by molar-refractivity contribution is 0.295. The Morgan fingerprint density at radius 1 is 0.941 bits per heavy atom. The van der Waals surface area contributed by atoms with Crippen LogP contribution in [0.5, 0.6) is 0 Å². The summed E-state index contributed by atoms with van der Waals surface area (Å²) in [6.07, 6.45) is 27.9. The molecule has 0 amide bonds. The van der Waals surface area contributed by atoms with E-state index in [0.717, 1.165) is 30.1 Å². The molecule has 0 saturated heterocycles. The standard InChI is InChI=1S/C32H44FN/c1-2-3-5-8-27-17-21-30(22-18-27)31-23-19-29(20-24-31)16-15-28-13-11-26(12-14-28)9-6-4-7-10-32(33)25-34/h4,7,10,15-18,21-22,26,28-29,31H,2-3,5-6,8-9,11-14,19-20,23-24H2,1H3. The van der Waals surface area contributed by atoms with E-state index in [0.29, 0.717) is 0 Å². The van der Waals surface area contributed by atoms with Crippen molar-refractivity contribution in [1.29, 1.82) is 5.26 Å². The second-order valence-corrected chi connectivity index (χ2v) is 10.6. The SMILES string of the molecule is CCCCCc1ccc(C2CCC(C=CC3CCC(CCC=CC=C(F)C#N)CC3)CC2)cc1. The van der Waals surface area contributed by atoms with Crippen LogP contribution in [0.25, 0.3) is 0 Å². The first-order valence-electron chi connectivity index (χ1n) is 13.9. The number of aryl methyl sites for hydroxylation is 1. The molecule has 2 saturated carbocycles. The lowest BCUT2D eigenvalue weighted by atomic mass is 9.76. The molecule has 0 unspecified atom stereocenters. The van der Waals surface area contributed by atoms with Gasteiger partial charge in [-0.3, -0.25) is 0 Å². The molecule has 0 radical (unpaired) electrons. The number of nitrogens with zero attached hydrogens (tertiary/aromatic N) is 1. The molecule has 0 atom stereocenters. The Balaban J connectivity index is 1.32. The molecule has 1 aromatic carbocycles. The maximum absolute atomic E-state index is 12.8. The van der Waals surface area contributed by atoms with Gasteiger partial charge in [0.2, 0.25) is 0 Å². The number of allylic oxidation sites excluding steroid dienone is 6. The van der Waals surface area contributed by atoms with Crippen LogP contribution in [0.2, 0.25) is 0 Å². The van der Waals surface area contributed by atoms with E-state index >= 15 is 0 Å². The summed E-state index contributed by atoms with van der Waals surface area (Å²) >= 11 is 0. The average Bonchev–Trinajstić information content (AvgIpc) is 2.89. The normalized spacial score (nSPS) is 26.2. The van der Waals surface area contributed by atoms with Crippen molar-refractivity contribution in [3.05, 3.63) is 71.6 Å². The van der Waals surface area contributed by atoms with Gasteiger partial charge in [0.25, 0.3) is 0 Å². The molecule has 2 fully saturated rings. The van der Waals surface area contributed by atoms with Gasteiger partial charge in [0.1, 0.15) is 6.07 Å². The fourth-order valence-electron chi connectivity index (χ4n) is 5.78. The predicted octanol–water partition coefficient (Wildman–Crippen LogP) is 9.77. The zero-order valence-corrected chi connectivity index (χ0v) is 21.2. The Morgan fingerprint density at radius 2 is 1.59 bits per heavy atom. The van der Waals surface area contributed by atoms with E-state index in [2.05, 4.69) is 43.3 Å². The molecule has 0 heterocycles. The molecule has 1 aromatic rings. The van der Waals surface area contributed by atoms with Crippen molar-refractivity contribution in [1.82, 2.24) is 0 Å². The van der Waals surface area contributed by atoms with Crippen LogP contribution in [0.15, 0.2) is 60.5 Å². The maximum atomic E-state index is 12.8. The largest absolute Gasteiger partial charge is 0.199 e. The highest BCUT2D eigenvalue weighted by molar-refractivity contribution is 5.26. The lowest BCUT2D eigenvalue weighted by Gasteiger charge is -2.29. The van der Waals surface area contributed by atoms with E-state index < -0.39 is 5.83 Å². The molecule has 0 N–H and O–H groups in total.